The number of halogens is 2. The number of carbonyl (C=O) groups is 2. The molecule has 0 saturated carbocycles. The minimum Gasteiger partial charge on any atom is -0.341 e. The minimum atomic E-state index is -0.874. The van der Waals surface area contributed by atoms with E-state index in [4.69, 9.17) is 11.6 Å². The molecule has 2 aromatic rings. The van der Waals surface area contributed by atoms with Crippen molar-refractivity contribution < 1.29 is 14.0 Å². The van der Waals surface area contributed by atoms with Crippen LogP contribution >= 0.6 is 11.6 Å². The van der Waals surface area contributed by atoms with E-state index < -0.39 is 11.9 Å². The first-order valence-corrected chi connectivity index (χ1v) is 7.46. The molecule has 0 bridgehead atoms. The third kappa shape index (κ3) is 2.92. The van der Waals surface area contributed by atoms with Crippen LogP contribution in [0.1, 0.15) is 24.1 Å². The molecule has 1 aliphatic rings. The van der Waals surface area contributed by atoms with Crippen molar-refractivity contribution in [1.82, 2.24) is 5.32 Å². The summed E-state index contributed by atoms with van der Waals surface area (Å²) in [4.78, 5) is 25.5. The van der Waals surface area contributed by atoms with E-state index >= 15 is 0 Å². The Hall–Kier alpha value is -2.40. The molecular weight excluding hydrogens is 319 g/mol. The number of carbonyl (C=O) groups excluding carboxylic acids is 2. The number of nitrogens with one attached hydrogen (secondary N) is 1. The second-order valence-electron chi connectivity index (χ2n) is 5.35. The zero-order valence-electron chi connectivity index (χ0n) is 12.3. The lowest BCUT2D eigenvalue weighted by Gasteiger charge is -2.19. The molecule has 0 spiro atoms. The zero-order valence-corrected chi connectivity index (χ0v) is 13.1. The van der Waals surface area contributed by atoms with Gasteiger partial charge in [0.05, 0.1) is 12.2 Å². The highest BCUT2D eigenvalue weighted by Gasteiger charge is 2.38. The van der Waals surface area contributed by atoms with Crippen LogP contribution in [0.4, 0.5) is 10.1 Å². The van der Waals surface area contributed by atoms with Crippen molar-refractivity contribution in [3.8, 4) is 0 Å². The van der Waals surface area contributed by atoms with E-state index in [-0.39, 0.29) is 18.4 Å². The number of rotatable bonds is 3. The fourth-order valence-electron chi connectivity index (χ4n) is 2.71. The number of anilines is 1. The minimum absolute atomic E-state index is 0.257. The fraction of sp³-hybridized carbons (Fsp3) is 0.176. The smallest absolute Gasteiger partial charge is 0.254 e. The summed E-state index contributed by atoms with van der Waals surface area (Å²) in [6.45, 7) is 1.58. The molecule has 3 rings (SSSR count). The Bertz CT molecular complexity index is 794. The number of fused-ring (bicyclic) bond motifs is 1. The predicted octanol–water partition coefficient (Wildman–Crippen LogP) is 3.20. The van der Waals surface area contributed by atoms with Crippen LogP contribution in [0.3, 0.4) is 0 Å². The summed E-state index contributed by atoms with van der Waals surface area (Å²) in [5, 5.41) is 3.12. The molecule has 0 unspecified atom stereocenters. The monoisotopic (exact) mass is 332 g/mol. The number of hydrogen-bond acceptors (Lipinski definition) is 2. The summed E-state index contributed by atoms with van der Waals surface area (Å²) in [5.41, 5.74) is 1.81. The highest BCUT2D eigenvalue weighted by atomic mass is 35.5. The van der Waals surface area contributed by atoms with Gasteiger partial charge in [0.2, 0.25) is 5.91 Å². The van der Waals surface area contributed by atoms with Crippen LogP contribution in [0.2, 0.25) is 5.02 Å². The van der Waals surface area contributed by atoms with E-state index in [1.165, 1.54) is 24.0 Å². The molecule has 2 aromatic carbocycles. The molecule has 1 atom stereocenters. The van der Waals surface area contributed by atoms with Gasteiger partial charge in [-0.15, -0.1) is 0 Å². The van der Waals surface area contributed by atoms with Gasteiger partial charge in [-0.2, -0.15) is 0 Å². The van der Waals surface area contributed by atoms with Crippen LogP contribution in [0.25, 0.3) is 0 Å². The molecule has 2 amide bonds. The first kappa shape index (κ1) is 15.5. The normalized spacial score (nSPS) is 16.4. The fourth-order valence-corrected chi connectivity index (χ4v) is 2.91. The Kier molecular flexibility index (Phi) is 4.05. The lowest BCUT2D eigenvalue weighted by atomic mass is 10.1. The van der Waals surface area contributed by atoms with Crippen molar-refractivity contribution in [1.29, 1.82) is 0 Å². The Morgan fingerprint density at radius 2 is 2.04 bits per heavy atom. The van der Waals surface area contributed by atoms with Gasteiger partial charge in [0, 0.05) is 17.5 Å². The third-order valence-electron chi connectivity index (χ3n) is 3.74. The van der Waals surface area contributed by atoms with Gasteiger partial charge in [0.15, 0.2) is 0 Å². The van der Waals surface area contributed by atoms with Crippen molar-refractivity contribution in [2.24, 2.45) is 0 Å². The second-order valence-corrected chi connectivity index (χ2v) is 5.76. The average molecular weight is 333 g/mol. The van der Waals surface area contributed by atoms with Crippen LogP contribution in [0.15, 0.2) is 42.5 Å². The quantitative estimate of drug-likeness (QED) is 0.938. The molecule has 1 N–H and O–H groups in total. The first-order chi connectivity index (χ1) is 11.0. The van der Waals surface area contributed by atoms with Gasteiger partial charge in [0.25, 0.3) is 5.91 Å². The van der Waals surface area contributed by atoms with Crippen molar-refractivity contribution in [2.75, 3.05) is 4.90 Å². The number of benzene rings is 2. The van der Waals surface area contributed by atoms with Crippen molar-refractivity contribution in [2.45, 2.75) is 19.5 Å². The van der Waals surface area contributed by atoms with Crippen molar-refractivity contribution >= 4 is 29.1 Å². The van der Waals surface area contributed by atoms with Gasteiger partial charge in [-0.05, 0) is 29.8 Å². The molecule has 1 aliphatic heterocycles. The molecule has 0 saturated heterocycles. The largest absolute Gasteiger partial charge is 0.341 e. The van der Waals surface area contributed by atoms with E-state index in [2.05, 4.69) is 5.32 Å². The molecule has 1 heterocycles. The predicted molar refractivity (Wildman–Crippen MR) is 85.6 cm³/mol. The standard InChI is InChI=1S/C17H14ClFN2O2/c1-10(22)20-16-13-8-12(19)6-7-15(13)21(17(16)23)9-11-4-2-3-5-14(11)18/h2-8,16H,9H2,1H3,(H,20,22)/t16-/m0/s1. The van der Waals surface area contributed by atoms with E-state index in [1.54, 1.807) is 18.2 Å². The van der Waals surface area contributed by atoms with E-state index in [1.807, 2.05) is 12.1 Å². The maximum atomic E-state index is 13.6. The second kappa shape index (κ2) is 6.01. The Morgan fingerprint density at radius 1 is 1.30 bits per heavy atom. The van der Waals surface area contributed by atoms with Crippen LogP contribution in [-0.4, -0.2) is 11.8 Å². The van der Waals surface area contributed by atoms with E-state index in [0.717, 1.165) is 5.56 Å². The molecule has 0 fully saturated rings. The first-order valence-electron chi connectivity index (χ1n) is 7.08. The van der Waals surface area contributed by atoms with Gasteiger partial charge in [-0.25, -0.2) is 4.39 Å². The SMILES string of the molecule is CC(=O)N[C@@H]1C(=O)N(Cc2ccccc2Cl)c2ccc(F)cc21. The topological polar surface area (TPSA) is 49.4 Å². The maximum absolute atomic E-state index is 13.6. The summed E-state index contributed by atoms with van der Waals surface area (Å²) >= 11 is 6.16. The summed E-state index contributed by atoms with van der Waals surface area (Å²) in [7, 11) is 0. The molecule has 0 aromatic heterocycles. The van der Waals surface area contributed by atoms with Crippen molar-refractivity contribution in [3.63, 3.8) is 0 Å². The highest BCUT2D eigenvalue weighted by molar-refractivity contribution is 6.31. The summed E-state index contributed by atoms with van der Waals surface area (Å²) in [5.74, 6) is -1.11. The summed E-state index contributed by atoms with van der Waals surface area (Å²) in [6, 6.07) is 10.4. The van der Waals surface area contributed by atoms with E-state index in [9.17, 15) is 14.0 Å². The maximum Gasteiger partial charge on any atom is 0.254 e. The lowest BCUT2D eigenvalue weighted by Crippen LogP contribution is -2.36. The van der Waals surface area contributed by atoms with Gasteiger partial charge in [-0.1, -0.05) is 29.8 Å². The Labute approximate surface area is 137 Å². The molecule has 23 heavy (non-hydrogen) atoms. The van der Waals surface area contributed by atoms with Crippen LogP contribution in [0.5, 0.6) is 0 Å². The van der Waals surface area contributed by atoms with E-state index in [0.29, 0.717) is 16.3 Å². The van der Waals surface area contributed by atoms with Gasteiger partial charge < -0.3 is 10.2 Å². The molecular formula is C17H14ClFN2O2. The number of hydrogen-bond donors (Lipinski definition) is 1. The Balaban J connectivity index is 2.00. The summed E-state index contributed by atoms with van der Waals surface area (Å²) in [6.07, 6.45) is 0. The zero-order chi connectivity index (χ0) is 16.6. The van der Waals surface area contributed by atoms with Gasteiger partial charge in [-0.3, -0.25) is 9.59 Å². The molecule has 4 nitrogen and oxygen atoms in total. The lowest BCUT2D eigenvalue weighted by molar-refractivity contribution is -0.126. The van der Waals surface area contributed by atoms with Gasteiger partial charge in [0.1, 0.15) is 11.9 Å². The molecule has 118 valence electrons. The van der Waals surface area contributed by atoms with Crippen molar-refractivity contribution in [3.05, 3.63) is 64.4 Å². The number of amides is 2. The summed E-state index contributed by atoms with van der Waals surface area (Å²) < 4.78 is 13.6. The number of nitrogens with zero attached hydrogens (tertiary/aromatic N) is 1. The highest BCUT2D eigenvalue weighted by Crippen LogP contribution is 2.37. The van der Waals surface area contributed by atoms with Crippen LogP contribution in [-0.2, 0) is 16.1 Å². The third-order valence-corrected chi connectivity index (χ3v) is 4.11. The molecule has 0 aliphatic carbocycles. The van der Waals surface area contributed by atoms with Crippen LogP contribution < -0.4 is 10.2 Å². The Morgan fingerprint density at radius 3 is 2.74 bits per heavy atom. The molecule has 6 heteroatoms. The van der Waals surface area contributed by atoms with Crippen LogP contribution in [0, 0.1) is 5.82 Å². The van der Waals surface area contributed by atoms with Gasteiger partial charge >= 0.3 is 0 Å². The molecule has 0 radical (unpaired) electrons. The average Bonchev–Trinajstić information content (AvgIpc) is 2.74.